The first-order valence-electron chi connectivity index (χ1n) is 7.73. The molecule has 0 radical (unpaired) electrons. The highest BCUT2D eigenvalue weighted by Gasteiger charge is 1.98. The van der Waals surface area contributed by atoms with Gasteiger partial charge in [0.05, 0.1) is 0 Å². The summed E-state index contributed by atoms with van der Waals surface area (Å²) in [5.74, 6) is -0.752. The Labute approximate surface area is 197 Å². The number of carboxylic acids is 1. The molecule has 0 fully saturated rings. The Morgan fingerprint density at radius 3 is 1.43 bits per heavy atom. The van der Waals surface area contributed by atoms with Gasteiger partial charge in [0.25, 0.3) is 0 Å². The van der Waals surface area contributed by atoms with Crippen molar-refractivity contribution in [2.75, 3.05) is 0 Å². The van der Waals surface area contributed by atoms with Crippen molar-refractivity contribution < 1.29 is 18.9 Å². The van der Waals surface area contributed by atoms with Crippen LogP contribution in [-0.2, 0) is 31.7 Å². The lowest BCUT2D eigenvalue weighted by molar-refractivity contribution is -0.137. The number of aliphatic carboxylic acids is 1. The fourth-order valence-electron chi connectivity index (χ4n) is 1.80. The zero-order valence-corrected chi connectivity index (χ0v) is 20.7. The van der Waals surface area contributed by atoms with E-state index >= 15 is 0 Å². The van der Waals surface area contributed by atoms with Gasteiger partial charge in [-0.15, -0.1) is 0 Å². The summed E-state index contributed by atoms with van der Waals surface area (Å²) in [4.78, 5) is 20.7. The molecule has 0 bridgehead atoms. The third kappa shape index (κ3) is 17.6. The standard InChI is InChI=1S/C9H8BrClO.C9H9BrO2.Cl2OS/c2*10-8-4-1-7(2-5-8)3-6-9(11)12;1-4(2)3/h1-2,4-5H,3,6H2;1-2,4-5H,3,6H2,(H,11,12);. The van der Waals surface area contributed by atoms with E-state index in [9.17, 15) is 9.59 Å². The predicted molar refractivity (Wildman–Crippen MR) is 123 cm³/mol. The maximum atomic E-state index is 10.4. The van der Waals surface area contributed by atoms with Gasteiger partial charge in [0.2, 0.25) is 14.5 Å². The molecule has 10 heteroatoms. The van der Waals surface area contributed by atoms with Crippen LogP contribution in [0.15, 0.2) is 57.5 Å². The number of carbonyl (C=O) groups is 2. The summed E-state index contributed by atoms with van der Waals surface area (Å²) in [5.41, 5.74) is 2.19. The number of aryl methyl sites for hydroxylation is 2. The lowest BCUT2D eigenvalue weighted by Gasteiger charge is -1.97. The number of hydrogen-bond donors (Lipinski definition) is 1. The first kappa shape index (κ1) is 27.6. The van der Waals surface area contributed by atoms with Gasteiger partial charge in [0, 0.05) is 43.2 Å². The van der Waals surface area contributed by atoms with E-state index < -0.39 is 15.2 Å². The van der Waals surface area contributed by atoms with Gasteiger partial charge < -0.3 is 5.11 Å². The highest BCUT2D eigenvalue weighted by molar-refractivity contribution is 9.10. The van der Waals surface area contributed by atoms with Crippen LogP contribution in [0.25, 0.3) is 0 Å². The van der Waals surface area contributed by atoms with Crippen molar-refractivity contribution in [3.63, 3.8) is 0 Å². The summed E-state index contributed by atoms with van der Waals surface area (Å²) >= 11 is 11.9. The lowest BCUT2D eigenvalue weighted by atomic mass is 10.1. The van der Waals surface area contributed by atoms with Crippen molar-refractivity contribution in [1.82, 2.24) is 0 Å². The van der Waals surface area contributed by atoms with Crippen molar-refractivity contribution in [2.45, 2.75) is 25.7 Å². The largest absolute Gasteiger partial charge is 0.481 e. The first-order valence-corrected chi connectivity index (χ1v) is 12.5. The molecule has 1 N–H and O–H groups in total. The molecule has 0 atom stereocenters. The molecule has 0 heterocycles. The van der Waals surface area contributed by atoms with Gasteiger partial charge in [0.15, 0.2) is 0 Å². The molecule has 2 aromatic rings. The van der Waals surface area contributed by atoms with Crippen LogP contribution < -0.4 is 0 Å². The summed E-state index contributed by atoms with van der Waals surface area (Å²) in [6.45, 7) is 0. The highest BCUT2D eigenvalue weighted by Crippen LogP contribution is 2.12. The summed E-state index contributed by atoms with van der Waals surface area (Å²) in [6, 6.07) is 15.5. The molecule has 2 aromatic carbocycles. The van der Waals surface area contributed by atoms with E-state index in [0.717, 1.165) is 26.5 Å². The third-order valence-corrected chi connectivity index (χ3v) is 4.31. The molecule has 154 valence electrons. The molecule has 4 nitrogen and oxygen atoms in total. The second-order valence-electron chi connectivity index (χ2n) is 5.19. The number of halogens is 5. The van der Waals surface area contributed by atoms with Gasteiger partial charge in [0.1, 0.15) is 0 Å². The highest BCUT2D eigenvalue weighted by atomic mass is 79.9. The molecule has 0 spiro atoms. The first-order chi connectivity index (χ1) is 13.1. The van der Waals surface area contributed by atoms with Crippen molar-refractivity contribution in [3.05, 3.63) is 68.6 Å². The van der Waals surface area contributed by atoms with Crippen molar-refractivity contribution in [3.8, 4) is 0 Å². The van der Waals surface area contributed by atoms with E-state index in [1.807, 2.05) is 48.5 Å². The smallest absolute Gasteiger partial charge is 0.303 e. The molecule has 0 aliphatic carbocycles. The molecule has 28 heavy (non-hydrogen) atoms. The summed E-state index contributed by atoms with van der Waals surface area (Å²) in [6.07, 6.45) is 1.92. The van der Waals surface area contributed by atoms with Crippen LogP contribution in [-0.4, -0.2) is 20.5 Å². The number of rotatable bonds is 6. The van der Waals surface area contributed by atoms with Gasteiger partial charge in [-0.2, -0.15) is 0 Å². The minimum Gasteiger partial charge on any atom is -0.481 e. The Hall–Kier alpha value is -0.440. The molecular formula is C18H17Br2Cl3O4S. The average Bonchev–Trinajstić information content (AvgIpc) is 2.61. The quantitative estimate of drug-likeness (QED) is 0.380. The van der Waals surface area contributed by atoms with Gasteiger partial charge >= 0.3 is 5.97 Å². The number of carbonyl (C=O) groups excluding carboxylic acids is 1. The lowest BCUT2D eigenvalue weighted by Crippen LogP contribution is -1.96. The Morgan fingerprint density at radius 2 is 1.14 bits per heavy atom. The van der Waals surface area contributed by atoms with Crippen LogP contribution in [0, 0.1) is 0 Å². The monoisotopic (exact) mass is 592 g/mol. The fraction of sp³-hybridized carbons (Fsp3) is 0.222. The van der Waals surface area contributed by atoms with E-state index in [4.69, 9.17) is 20.9 Å². The molecule has 0 amide bonds. The van der Waals surface area contributed by atoms with Crippen LogP contribution in [0.1, 0.15) is 24.0 Å². The van der Waals surface area contributed by atoms with Gasteiger partial charge in [-0.05, 0) is 59.8 Å². The van der Waals surface area contributed by atoms with Crippen LogP contribution in [0.3, 0.4) is 0 Å². The molecule has 2 rings (SSSR count). The second-order valence-corrected chi connectivity index (χ2v) is 9.96. The van der Waals surface area contributed by atoms with E-state index in [2.05, 4.69) is 53.2 Å². The Bertz CT molecular complexity index is 693. The minimum absolute atomic E-state index is 0.196. The van der Waals surface area contributed by atoms with Gasteiger partial charge in [-0.3, -0.25) is 9.59 Å². The second kappa shape index (κ2) is 16.4. The Balaban J connectivity index is 0.000000439. The van der Waals surface area contributed by atoms with Crippen molar-refractivity contribution >= 4 is 85.3 Å². The van der Waals surface area contributed by atoms with Crippen LogP contribution in [0.2, 0.25) is 0 Å². The molecule has 0 aliphatic heterocycles. The normalized spacial score (nSPS) is 9.64. The molecule has 0 unspecified atom stereocenters. The number of carboxylic acid groups (broad SMARTS) is 1. The molecule has 0 aromatic heterocycles. The van der Waals surface area contributed by atoms with E-state index in [0.29, 0.717) is 12.8 Å². The molecule has 0 saturated heterocycles. The number of hydrogen-bond acceptors (Lipinski definition) is 3. The molecule has 0 aliphatic rings. The maximum absolute atomic E-state index is 10.4. The van der Waals surface area contributed by atoms with Crippen LogP contribution in [0.4, 0.5) is 0 Å². The van der Waals surface area contributed by atoms with Crippen molar-refractivity contribution in [1.29, 1.82) is 0 Å². The van der Waals surface area contributed by atoms with E-state index in [-0.39, 0.29) is 11.7 Å². The average molecular weight is 596 g/mol. The van der Waals surface area contributed by atoms with E-state index in [1.165, 1.54) is 0 Å². The Morgan fingerprint density at radius 1 is 0.821 bits per heavy atom. The van der Waals surface area contributed by atoms with Crippen LogP contribution in [0.5, 0.6) is 0 Å². The Kier molecular flexibility index (Phi) is 16.1. The molecule has 0 saturated carbocycles. The van der Waals surface area contributed by atoms with E-state index in [1.54, 1.807) is 0 Å². The van der Waals surface area contributed by atoms with Gasteiger partial charge in [-0.25, -0.2) is 4.21 Å². The topological polar surface area (TPSA) is 71.4 Å². The zero-order chi connectivity index (χ0) is 21.5. The minimum atomic E-state index is -1.67. The van der Waals surface area contributed by atoms with Crippen molar-refractivity contribution in [2.24, 2.45) is 0 Å². The SMILES string of the molecule is O=C(Cl)CCc1ccc(Br)cc1.O=C(O)CCc1ccc(Br)cc1.O=S(Cl)Cl. The molecular weight excluding hydrogens is 578 g/mol. The summed E-state index contributed by atoms with van der Waals surface area (Å²) < 4.78 is 11.1. The third-order valence-electron chi connectivity index (χ3n) is 3.06. The zero-order valence-electron chi connectivity index (χ0n) is 14.4. The summed E-state index contributed by atoms with van der Waals surface area (Å²) in [7, 11) is 7.36. The predicted octanol–water partition coefficient (Wildman–Crippen LogP) is 6.66. The maximum Gasteiger partial charge on any atom is 0.303 e. The van der Waals surface area contributed by atoms with Crippen LogP contribution >= 0.6 is 64.8 Å². The van der Waals surface area contributed by atoms with Gasteiger partial charge in [-0.1, -0.05) is 56.1 Å². The summed E-state index contributed by atoms with van der Waals surface area (Å²) in [5, 5.41) is 8.14. The number of benzene rings is 2. The fourth-order valence-corrected chi connectivity index (χ4v) is 2.42.